The normalized spacial score (nSPS) is 14.8. The number of halogens is 3. The lowest BCUT2D eigenvalue weighted by molar-refractivity contribution is 0.510. The molecule has 0 aliphatic carbocycles. The molecule has 0 heterocycles. The van der Waals surface area contributed by atoms with E-state index in [-0.39, 0.29) is 10.0 Å². The average Bonchev–Trinajstić information content (AvgIpc) is 2.34. The molecule has 0 radical (unpaired) electrons. The zero-order valence-electron chi connectivity index (χ0n) is 10.7. The van der Waals surface area contributed by atoms with Crippen LogP contribution in [0.5, 0.6) is 0 Å². The second-order valence-corrected chi connectivity index (χ2v) is 7.20. The van der Waals surface area contributed by atoms with Gasteiger partial charge < -0.3 is 5.73 Å². The summed E-state index contributed by atoms with van der Waals surface area (Å²) in [6, 6.07) is 2.23. The van der Waals surface area contributed by atoms with E-state index in [2.05, 4.69) is 4.72 Å². The molecule has 1 aromatic carbocycles. The quantitative estimate of drug-likeness (QED) is 0.626. The van der Waals surface area contributed by atoms with Crippen molar-refractivity contribution in [2.75, 3.05) is 0 Å². The van der Waals surface area contributed by atoms with Gasteiger partial charge in [-0.25, -0.2) is 12.8 Å². The molecule has 1 rings (SSSR count). The minimum Gasteiger partial charge on any atom is -0.392 e. The first kappa shape index (κ1) is 17.6. The molecule has 1 atom stereocenters. The molecule has 4 nitrogen and oxygen atoms in total. The topological polar surface area (TPSA) is 72.2 Å². The second-order valence-electron chi connectivity index (χ2n) is 4.33. The van der Waals surface area contributed by atoms with Gasteiger partial charge in [0.1, 0.15) is 4.90 Å². The van der Waals surface area contributed by atoms with Crippen LogP contribution in [-0.4, -0.2) is 18.9 Å². The van der Waals surface area contributed by atoms with E-state index in [1.54, 1.807) is 6.92 Å². The van der Waals surface area contributed by atoms with Crippen molar-refractivity contribution in [3.8, 4) is 0 Å². The van der Waals surface area contributed by atoms with Crippen molar-refractivity contribution in [3.63, 3.8) is 0 Å². The number of thiocarbonyl (C=S) groups is 1. The molecule has 112 valence electrons. The Morgan fingerprint density at radius 2 is 2.05 bits per heavy atom. The summed E-state index contributed by atoms with van der Waals surface area (Å²) in [7, 11) is -4.09. The zero-order valence-corrected chi connectivity index (χ0v) is 13.9. The SMILES string of the molecule is CCC(C)(NS(=O)(=O)c1ccc(Cl)c(F)c1Cl)C(N)=S. The number of nitrogens with two attached hydrogens (primary N) is 1. The van der Waals surface area contributed by atoms with Crippen molar-refractivity contribution in [2.45, 2.75) is 30.7 Å². The van der Waals surface area contributed by atoms with Crippen LogP contribution in [0.3, 0.4) is 0 Å². The van der Waals surface area contributed by atoms with Gasteiger partial charge in [-0.05, 0) is 25.5 Å². The minimum atomic E-state index is -4.09. The molecular weight excluding hydrogens is 346 g/mol. The second kappa shape index (κ2) is 6.11. The predicted octanol–water partition coefficient (Wildman–Crippen LogP) is 2.87. The number of hydrogen-bond donors (Lipinski definition) is 2. The summed E-state index contributed by atoms with van der Waals surface area (Å²) < 4.78 is 40.5. The Morgan fingerprint density at radius 3 is 2.50 bits per heavy atom. The van der Waals surface area contributed by atoms with Crippen LogP contribution in [0.1, 0.15) is 20.3 Å². The Labute approximate surface area is 132 Å². The lowest BCUT2D eigenvalue weighted by Crippen LogP contribution is -2.53. The molecule has 0 aliphatic rings. The molecule has 0 bridgehead atoms. The summed E-state index contributed by atoms with van der Waals surface area (Å²) in [6.45, 7) is 3.25. The maximum Gasteiger partial charge on any atom is 0.243 e. The lowest BCUT2D eigenvalue weighted by Gasteiger charge is -2.28. The summed E-state index contributed by atoms with van der Waals surface area (Å²) in [5, 5.41) is -0.840. The molecule has 9 heteroatoms. The van der Waals surface area contributed by atoms with Gasteiger partial charge in [0.05, 0.1) is 20.6 Å². The van der Waals surface area contributed by atoms with Crippen LogP contribution in [0.25, 0.3) is 0 Å². The molecule has 0 aromatic heterocycles. The van der Waals surface area contributed by atoms with Crippen molar-refractivity contribution in [3.05, 3.63) is 28.0 Å². The molecule has 0 fully saturated rings. The highest BCUT2D eigenvalue weighted by Gasteiger charge is 2.33. The number of rotatable bonds is 5. The van der Waals surface area contributed by atoms with Crippen LogP contribution in [0.2, 0.25) is 10.0 Å². The molecule has 1 aromatic rings. The summed E-state index contributed by atoms with van der Waals surface area (Å²) in [6.07, 6.45) is 0.329. The third-order valence-corrected chi connectivity index (χ3v) is 5.76. The maximum absolute atomic E-state index is 13.6. The first-order chi connectivity index (χ1) is 9.05. The van der Waals surface area contributed by atoms with Gasteiger partial charge in [-0.2, -0.15) is 4.72 Å². The van der Waals surface area contributed by atoms with Crippen molar-refractivity contribution < 1.29 is 12.8 Å². The molecule has 3 N–H and O–H groups in total. The molecule has 20 heavy (non-hydrogen) atoms. The van der Waals surface area contributed by atoms with E-state index in [0.717, 1.165) is 12.1 Å². The molecule has 0 saturated heterocycles. The highest BCUT2D eigenvalue weighted by molar-refractivity contribution is 7.89. The molecule has 0 saturated carbocycles. The number of benzene rings is 1. The smallest absolute Gasteiger partial charge is 0.243 e. The fraction of sp³-hybridized carbons (Fsp3) is 0.364. The van der Waals surface area contributed by atoms with Gasteiger partial charge >= 0.3 is 0 Å². The van der Waals surface area contributed by atoms with E-state index < -0.39 is 31.3 Å². The molecule has 0 amide bonds. The van der Waals surface area contributed by atoms with E-state index in [0.29, 0.717) is 6.42 Å². The molecule has 0 aliphatic heterocycles. The Kier molecular flexibility index (Phi) is 5.37. The molecule has 0 spiro atoms. The van der Waals surface area contributed by atoms with E-state index in [1.165, 1.54) is 6.92 Å². The predicted molar refractivity (Wildman–Crippen MR) is 82.2 cm³/mol. The van der Waals surface area contributed by atoms with Crippen LogP contribution in [0.15, 0.2) is 17.0 Å². The first-order valence-corrected chi connectivity index (χ1v) is 8.17. The van der Waals surface area contributed by atoms with E-state index in [1.807, 2.05) is 0 Å². The van der Waals surface area contributed by atoms with Crippen LogP contribution in [-0.2, 0) is 10.0 Å². The minimum absolute atomic E-state index is 0.0193. The first-order valence-electron chi connectivity index (χ1n) is 5.52. The Hall–Kier alpha value is -0.470. The standard InChI is InChI=1S/C11H13Cl2FN2O2S2/c1-3-11(2,10(15)19)16-20(17,18)7-5-4-6(12)9(14)8(7)13/h4-5,16H,3H2,1-2H3,(H2,15,19). The van der Waals surface area contributed by atoms with Crippen molar-refractivity contribution in [2.24, 2.45) is 5.73 Å². The fourth-order valence-electron chi connectivity index (χ4n) is 1.36. The van der Waals surface area contributed by atoms with Gasteiger partial charge in [-0.1, -0.05) is 42.3 Å². The third-order valence-electron chi connectivity index (χ3n) is 2.90. The summed E-state index contributed by atoms with van der Waals surface area (Å²) in [5.74, 6) is -0.996. The number of nitrogens with one attached hydrogen (secondary N) is 1. The van der Waals surface area contributed by atoms with Crippen LogP contribution >= 0.6 is 35.4 Å². The summed E-state index contributed by atoms with van der Waals surface area (Å²) >= 11 is 16.1. The monoisotopic (exact) mass is 358 g/mol. The fourth-order valence-corrected chi connectivity index (χ4v) is 3.83. The van der Waals surface area contributed by atoms with Crippen molar-refractivity contribution >= 4 is 50.4 Å². The molecule has 1 unspecified atom stereocenters. The number of hydrogen-bond acceptors (Lipinski definition) is 3. The zero-order chi connectivity index (χ0) is 15.7. The molecular formula is C11H13Cl2FN2O2S2. The van der Waals surface area contributed by atoms with Gasteiger partial charge in [-0.3, -0.25) is 0 Å². The Morgan fingerprint density at radius 1 is 1.50 bits per heavy atom. The average molecular weight is 359 g/mol. The van der Waals surface area contributed by atoms with Crippen molar-refractivity contribution in [1.29, 1.82) is 0 Å². The van der Waals surface area contributed by atoms with E-state index >= 15 is 0 Å². The van der Waals surface area contributed by atoms with Gasteiger partial charge in [0.15, 0.2) is 5.82 Å². The van der Waals surface area contributed by atoms with Crippen LogP contribution < -0.4 is 10.5 Å². The van der Waals surface area contributed by atoms with Crippen molar-refractivity contribution in [1.82, 2.24) is 4.72 Å². The van der Waals surface area contributed by atoms with Gasteiger partial charge in [0.2, 0.25) is 10.0 Å². The van der Waals surface area contributed by atoms with Gasteiger partial charge in [0, 0.05) is 0 Å². The van der Waals surface area contributed by atoms with E-state index in [4.69, 9.17) is 41.2 Å². The van der Waals surface area contributed by atoms with Crippen LogP contribution in [0.4, 0.5) is 4.39 Å². The summed E-state index contributed by atoms with van der Waals surface area (Å²) in [4.78, 5) is -0.439. The van der Waals surface area contributed by atoms with Gasteiger partial charge in [-0.15, -0.1) is 0 Å². The van der Waals surface area contributed by atoms with Gasteiger partial charge in [0.25, 0.3) is 0 Å². The largest absolute Gasteiger partial charge is 0.392 e. The maximum atomic E-state index is 13.6. The third kappa shape index (κ3) is 3.40. The highest BCUT2D eigenvalue weighted by atomic mass is 35.5. The Bertz CT molecular complexity index is 652. The highest BCUT2D eigenvalue weighted by Crippen LogP contribution is 2.30. The Balaban J connectivity index is 3.32. The summed E-state index contributed by atoms with van der Waals surface area (Å²) in [5.41, 5.74) is 4.40. The van der Waals surface area contributed by atoms with E-state index in [9.17, 15) is 12.8 Å². The lowest BCUT2D eigenvalue weighted by atomic mass is 10.0. The number of sulfonamides is 1. The van der Waals surface area contributed by atoms with Crippen LogP contribution in [0, 0.1) is 5.82 Å².